The van der Waals surface area contributed by atoms with Crippen LogP contribution in [0.5, 0.6) is 0 Å². The van der Waals surface area contributed by atoms with Gasteiger partial charge in [0, 0.05) is 23.8 Å². The molecule has 7 heteroatoms. The normalized spacial score (nSPS) is 14.3. The van der Waals surface area contributed by atoms with E-state index in [-0.39, 0.29) is 10.8 Å². The molecule has 1 atom stereocenters. The molecule has 6 nitrogen and oxygen atoms in total. The Morgan fingerprint density at radius 1 is 0.906 bits per heavy atom. The lowest BCUT2D eigenvalue weighted by Crippen LogP contribution is -2.42. The SMILES string of the molecule is O=C(C(NS(=O)(=O)c1cccc2cccnc12)c1ccccc1)N1CCc2ccccc21. The second kappa shape index (κ2) is 8.18. The molecule has 3 aromatic carbocycles. The van der Waals surface area contributed by atoms with Crippen molar-refractivity contribution in [1.29, 1.82) is 0 Å². The molecule has 32 heavy (non-hydrogen) atoms. The van der Waals surface area contributed by atoms with Crippen LogP contribution in [-0.4, -0.2) is 25.9 Å². The zero-order valence-electron chi connectivity index (χ0n) is 17.2. The summed E-state index contributed by atoms with van der Waals surface area (Å²) < 4.78 is 29.6. The molecule has 1 amide bonds. The summed E-state index contributed by atoms with van der Waals surface area (Å²) in [6.07, 6.45) is 2.30. The first-order valence-electron chi connectivity index (χ1n) is 10.3. The molecule has 1 aromatic heterocycles. The summed E-state index contributed by atoms with van der Waals surface area (Å²) in [7, 11) is -4.05. The summed E-state index contributed by atoms with van der Waals surface area (Å²) in [5, 5.41) is 0.714. The van der Waals surface area contributed by atoms with E-state index in [1.807, 2.05) is 42.5 Å². The molecule has 1 aliphatic heterocycles. The number of anilines is 1. The molecular formula is C25H21N3O3S. The predicted octanol–water partition coefficient (Wildman–Crippen LogP) is 3.84. The van der Waals surface area contributed by atoms with Crippen LogP contribution >= 0.6 is 0 Å². The molecule has 1 unspecified atom stereocenters. The largest absolute Gasteiger partial charge is 0.310 e. The number of nitrogens with one attached hydrogen (secondary N) is 1. The van der Waals surface area contributed by atoms with Crippen molar-refractivity contribution in [1.82, 2.24) is 9.71 Å². The maximum atomic E-state index is 13.7. The fourth-order valence-electron chi connectivity index (χ4n) is 4.14. The number of carbonyl (C=O) groups is 1. The fourth-order valence-corrected chi connectivity index (χ4v) is 5.50. The molecule has 0 radical (unpaired) electrons. The number of hydrogen-bond donors (Lipinski definition) is 1. The van der Waals surface area contributed by atoms with Crippen molar-refractivity contribution >= 4 is 32.5 Å². The lowest BCUT2D eigenvalue weighted by molar-refractivity contribution is -0.120. The Morgan fingerprint density at radius 3 is 2.50 bits per heavy atom. The smallest absolute Gasteiger partial charge is 0.249 e. The van der Waals surface area contributed by atoms with Crippen LogP contribution in [0.15, 0.2) is 96.0 Å². The number of nitrogens with zero attached hydrogens (tertiary/aromatic N) is 2. The summed E-state index contributed by atoms with van der Waals surface area (Å²) in [6, 6.07) is 24.1. The monoisotopic (exact) mass is 443 g/mol. The van der Waals surface area contributed by atoms with Crippen molar-refractivity contribution in [3.05, 3.63) is 102 Å². The maximum absolute atomic E-state index is 13.7. The van der Waals surface area contributed by atoms with Gasteiger partial charge >= 0.3 is 0 Å². The Labute approximate surface area is 186 Å². The van der Waals surface area contributed by atoms with Crippen LogP contribution in [0.2, 0.25) is 0 Å². The minimum Gasteiger partial charge on any atom is -0.310 e. The quantitative estimate of drug-likeness (QED) is 0.508. The number of aromatic nitrogens is 1. The summed E-state index contributed by atoms with van der Waals surface area (Å²) in [5.74, 6) is -0.307. The van der Waals surface area contributed by atoms with Gasteiger partial charge < -0.3 is 4.90 Å². The number of benzene rings is 3. The second-order valence-corrected chi connectivity index (χ2v) is 9.35. The molecule has 1 N–H and O–H groups in total. The summed E-state index contributed by atoms with van der Waals surface area (Å²) >= 11 is 0. The van der Waals surface area contributed by atoms with Gasteiger partial charge in [-0.3, -0.25) is 9.78 Å². The Balaban J connectivity index is 1.56. The standard InChI is InChI=1S/C25H21N3O3S/c29-25(28-17-15-18-8-4-5-13-21(18)28)24(20-9-2-1-3-10-20)27-32(30,31)22-14-6-11-19-12-7-16-26-23(19)22/h1-14,16,24,27H,15,17H2. The van der Waals surface area contributed by atoms with E-state index in [1.165, 1.54) is 6.07 Å². The van der Waals surface area contributed by atoms with Crippen molar-refractivity contribution in [2.24, 2.45) is 0 Å². The average Bonchev–Trinajstić information content (AvgIpc) is 3.26. The lowest BCUT2D eigenvalue weighted by Gasteiger charge is -2.25. The van der Waals surface area contributed by atoms with Gasteiger partial charge in [0.1, 0.15) is 10.9 Å². The molecular weight excluding hydrogens is 422 g/mol. The molecule has 0 saturated heterocycles. The van der Waals surface area contributed by atoms with Crippen molar-refractivity contribution in [3.63, 3.8) is 0 Å². The zero-order chi connectivity index (χ0) is 22.1. The second-order valence-electron chi connectivity index (χ2n) is 7.66. The summed E-state index contributed by atoms with van der Waals surface area (Å²) in [6.45, 7) is 0.513. The lowest BCUT2D eigenvalue weighted by atomic mass is 10.1. The molecule has 0 spiro atoms. The van der Waals surface area contributed by atoms with Gasteiger partial charge in [-0.05, 0) is 35.7 Å². The van der Waals surface area contributed by atoms with Crippen LogP contribution < -0.4 is 9.62 Å². The first kappa shape index (κ1) is 20.4. The van der Waals surface area contributed by atoms with Crippen LogP contribution in [0.4, 0.5) is 5.69 Å². The van der Waals surface area contributed by atoms with E-state index in [0.717, 1.165) is 17.7 Å². The van der Waals surface area contributed by atoms with Crippen molar-refractivity contribution in [3.8, 4) is 0 Å². The fraction of sp³-hybridized carbons (Fsp3) is 0.120. The van der Waals surface area contributed by atoms with Crippen LogP contribution in [0.25, 0.3) is 10.9 Å². The molecule has 0 saturated carbocycles. The minimum atomic E-state index is -4.05. The van der Waals surface area contributed by atoms with Crippen LogP contribution in [-0.2, 0) is 21.2 Å². The Bertz CT molecular complexity index is 1400. The first-order chi connectivity index (χ1) is 15.5. The van der Waals surface area contributed by atoms with E-state index in [2.05, 4.69) is 9.71 Å². The third kappa shape index (κ3) is 3.66. The van der Waals surface area contributed by atoms with E-state index in [9.17, 15) is 13.2 Å². The van der Waals surface area contributed by atoms with E-state index >= 15 is 0 Å². The first-order valence-corrected chi connectivity index (χ1v) is 11.8. The van der Waals surface area contributed by atoms with Crippen LogP contribution in [0.3, 0.4) is 0 Å². The number of pyridine rings is 1. The van der Waals surface area contributed by atoms with Gasteiger partial charge in [0.15, 0.2) is 0 Å². The Hall–Kier alpha value is -3.55. The number of hydrogen-bond acceptors (Lipinski definition) is 4. The number of sulfonamides is 1. The number of fused-ring (bicyclic) bond motifs is 2. The highest BCUT2D eigenvalue weighted by Gasteiger charge is 2.34. The van der Waals surface area contributed by atoms with Gasteiger partial charge in [-0.25, -0.2) is 8.42 Å². The molecule has 2 heterocycles. The molecule has 0 fully saturated rings. The predicted molar refractivity (Wildman–Crippen MR) is 124 cm³/mol. The summed E-state index contributed by atoms with van der Waals surface area (Å²) in [4.78, 5) is 19.6. The van der Waals surface area contributed by atoms with Gasteiger partial charge in [0.2, 0.25) is 15.9 Å². The summed E-state index contributed by atoms with van der Waals surface area (Å²) in [5.41, 5.74) is 2.85. The van der Waals surface area contributed by atoms with Gasteiger partial charge in [-0.15, -0.1) is 0 Å². The third-order valence-corrected chi connectivity index (χ3v) is 7.15. The highest BCUT2D eigenvalue weighted by Crippen LogP contribution is 2.31. The van der Waals surface area contributed by atoms with Crippen LogP contribution in [0, 0.1) is 0 Å². The molecule has 0 aliphatic carbocycles. The van der Waals surface area contributed by atoms with Gasteiger partial charge in [0.05, 0.1) is 5.52 Å². The Morgan fingerprint density at radius 2 is 1.66 bits per heavy atom. The number of amides is 1. The van der Waals surface area contributed by atoms with E-state index in [1.54, 1.807) is 47.5 Å². The van der Waals surface area contributed by atoms with E-state index in [0.29, 0.717) is 23.0 Å². The van der Waals surface area contributed by atoms with Crippen LogP contribution in [0.1, 0.15) is 17.2 Å². The minimum absolute atomic E-state index is 0.0474. The molecule has 5 rings (SSSR count). The topological polar surface area (TPSA) is 79.4 Å². The Kier molecular flexibility index (Phi) is 5.20. The van der Waals surface area contributed by atoms with Crippen molar-refractivity contribution < 1.29 is 13.2 Å². The molecule has 1 aliphatic rings. The van der Waals surface area contributed by atoms with Crippen molar-refractivity contribution in [2.75, 3.05) is 11.4 Å². The van der Waals surface area contributed by atoms with Crippen molar-refractivity contribution in [2.45, 2.75) is 17.4 Å². The average molecular weight is 444 g/mol. The number of para-hydroxylation sites is 2. The van der Waals surface area contributed by atoms with E-state index in [4.69, 9.17) is 0 Å². The van der Waals surface area contributed by atoms with Gasteiger partial charge in [0.25, 0.3) is 0 Å². The molecule has 160 valence electrons. The molecule has 4 aromatic rings. The molecule has 0 bridgehead atoms. The zero-order valence-corrected chi connectivity index (χ0v) is 18.0. The highest BCUT2D eigenvalue weighted by atomic mass is 32.2. The maximum Gasteiger partial charge on any atom is 0.249 e. The van der Waals surface area contributed by atoms with Gasteiger partial charge in [-0.1, -0.05) is 66.7 Å². The van der Waals surface area contributed by atoms with Gasteiger partial charge in [-0.2, -0.15) is 4.72 Å². The third-order valence-electron chi connectivity index (χ3n) is 5.69. The highest BCUT2D eigenvalue weighted by molar-refractivity contribution is 7.89. The number of carbonyl (C=O) groups excluding carboxylic acids is 1. The van der Waals surface area contributed by atoms with E-state index < -0.39 is 16.1 Å². The number of rotatable bonds is 5.